The van der Waals surface area contributed by atoms with Gasteiger partial charge in [0.05, 0.1) is 0 Å². The molecule has 16 heavy (non-hydrogen) atoms. The maximum absolute atomic E-state index is 11.1. The number of carbonyl (C=O) groups is 2. The van der Waals surface area contributed by atoms with Gasteiger partial charge < -0.3 is 11.1 Å². The van der Waals surface area contributed by atoms with Crippen LogP contribution in [0.15, 0.2) is 30.3 Å². The van der Waals surface area contributed by atoms with Gasteiger partial charge in [0.15, 0.2) is 0 Å². The van der Waals surface area contributed by atoms with Crippen LogP contribution in [0.3, 0.4) is 0 Å². The molecule has 5 heteroatoms. The molecule has 1 aromatic carbocycles. The number of rotatable bonds is 5. The van der Waals surface area contributed by atoms with Crippen molar-refractivity contribution in [1.82, 2.24) is 5.32 Å². The first-order valence-electron chi connectivity index (χ1n) is 4.82. The average molecular weight is 241 g/mol. The fourth-order valence-corrected chi connectivity index (χ4v) is 1.38. The zero-order valence-electron chi connectivity index (χ0n) is 8.65. The molecule has 0 aliphatic heterocycles. The van der Waals surface area contributed by atoms with Crippen LogP contribution in [0.5, 0.6) is 0 Å². The summed E-state index contributed by atoms with van der Waals surface area (Å²) in [5, 5.41) is 2.47. The largest absolute Gasteiger partial charge is 0.368 e. The van der Waals surface area contributed by atoms with Crippen LogP contribution in [-0.4, -0.2) is 23.7 Å². The minimum atomic E-state index is -0.714. The molecule has 0 aliphatic rings. The first-order chi connectivity index (χ1) is 7.63. The quantitative estimate of drug-likeness (QED) is 0.733. The third kappa shape index (κ3) is 3.90. The number of benzene rings is 1. The van der Waals surface area contributed by atoms with E-state index in [2.05, 4.69) is 5.32 Å². The zero-order chi connectivity index (χ0) is 12.0. The molecule has 2 amide bonds. The molecule has 3 N–H and O–H groups in total. The molecule has 0 spiro atoms. The van der Waals surface area contributed by atoms with E-state index in [1.165, 1.54) is 0 Å². The van der Waals surface area contributed by atoms with Crippen LogP contribution in [0.25, 0.3) is 0 Å². The topological polar surface area (TPSA) is 72.2 Å². The van der Waals surface area contributed by atoms with E-state index in [1.807, 2.05) is 30.3 Å². The molecular formula is C11H13ClN2O2. The third-order valence-corrected chi connectivity index (χ3v) is 2.33. The number of hydrogen-bond donors (Lipinski definition) is 2. The highest BCUT2D eigenvalue weighted by Crippen LogP contribution is 2.03. The van der Waals surface area contributed by atoms with Gasteiger partial charge in [0.2, 0.25) is 11.8 Å². The number of hydrogen-bond acceptors (Lipinski definition) is 2. The number of amides is 2. The van der Waals surface area contributed by atoms with Crippen LogP contribution in [0.1, 0.15) is 5.56 Å². The molecule has 1 rings (SSSR count). The standard InChI is InChI=1S/C11H13ClN2O2/c12-7-10(15)14-9(11(13)16)6-8-4-2-1-3-5-8/h1-5,9H,6-7H2,(H2,13,16)(H,14,15)/t9-/m1/s1. The summed E-state index contributed by atoms with van der Waals surface area (Å²) in [7, 11) is 0. The van der Waals surface area contributed by atoms with E-state index in [-0.39, 0.29) is 5.88 Å². The van der Waals surface area contributed by atoms with Crippen molar-refractivity contribution in [2.24, 2.45) is 5.73 Å². The lowest BCUT2D eigenvalue weighted by Crippen LogP contribution is -2.46. The number of halogens is 1. The van der Waals surface area contributed by atoms with Gasteiger partial charge in [-0.1, -0.05) is 30.3 Å². The lowest BCUT2D eigenvalue weighted by molar-refractivity contribution is -0.126. The summed E-state index contributed by atoms with van der Waals surface area (Å²) in [5.74, 6) is -1.15. The van der Waals surface area contributed by atoms with Gasteiger partial charge in [-0.2, -0.15) is 0 Å². The summed E-state index contributed by atoms with van der Waals surface area (Å²) in [5.41, 5.74) is 6.12. The Morgan fingerprint density at radius 2 is 1.94 bits per heavy atom. The molecule has 0 saturated heterocycles. The highest BCUT2D eigenvalue weighted by atomic mass is 35.5. The Morgan fingerprint density at radius 1 is 1.31 bits per heavy atom. The third-order valence-electron chi connectivity index (χ3n) is 2.08. The highest BCUT2D eigenvalue weighted by Gasteiger charge is 2.17. The van der Waals surface area contributed by atoms with Gasteiger partial charge in [-0.3, -0.25) is 9.59 Å². The predicted octanol–water partition coefficient (Wildman–Crippen LogP) is 0.438. The number of carbonyl (C=O) groups excluding carboxylic acids is 2. The van der Waals surface area contributed by atoms with Crippen LogP contribution in [-0.2, 0) is 16.0 Å². The SMILES string of the molecule is NC(=O)[C@@H](Cc1ccccc1)NC(=O)CCl. The molecule has 0 unspecified atom stereocenters. The van der Waals surface area contributed by atoms with Gasteiger partial charge in [-0.25, -0.2) is 0 Å². The molecule has 4 nitrogen and oxygen atoms in total. The monoisotopic (exact) mass is 240 g/mol. The van der Waals surface area contributed by atoms with Crippen molar-refractivity contribution >= 4 is 23.4 Å². The summed E-state index contributed by atoms with van der Waals surface area (Å²) in [6.45, 7) is 0. The second-order valence-corrected chi connectivity index (χ2v) is 3.61. The minimum Gasteiger partial charge on any atom is -0.368 e. The Kier molecular flexibility index (Phi) is 4.79. The smallest absolute Gasteiger partial charge is 0.240 e. The lowest BCUT2D eigenvalue weighted by Gasteiger charge is -2.14. The summed E-state index contributed by atoms with van der Waals surface area (Å²) >= 11 is 5.34. The fourth-order valence-electron chi connectivity index (χ4n) is 1.31. The Balaban J connectivity index is 2.65. The summed E-state index contributed by atoms with van der Waals surface area (Å²) in [4.78, 5) is 22.2. The van der Waals surface area contributed by atoms with Crippen LogP contribution in [0.4, 0.5) is 0 Å². The first-order valence-corrected chi connectivity index (χ1v) is 5.35. The molecule has 0 fully saturated rings. The maximum atomic E-state index is 11.1. The fraction of sp³-hybridized carbons (Fsp3) is 0.273. The van der Waals surface area contributed by atoms with Gasteiger partial charge in [0, 0.05) is 6.42 Å². The van der Waals surface area contributed by atoms with Crippen molar-refractivity contribution < 1.29 is 9.59 Å². The van der Waals surface area contributed by atoms with Crippen molar-refractivity contribution in [2.75, 3.05) is 5.88 Å². The van der Waals surface area contributed by atoms with Crippen molar-refractivity contribution in [2.45, 2.75) is 12.5 Å². The van der Waals surface area contributed by atoms with Gasteiger partial charge >= 0.3 is 0 Å². The van der Waals surface area contributed by atoms with E-state index in [0.717, 1.165) is 5.56 Å². The Labute approximate surface area is 98.8 Å². The van der Waals surface area contributed by atoms with Crippen molar-refractivity contribution in [3.8, 4) is 0 Å². The van der Waals surface area contributed by atoms with Gasteiger partial charge in [-0.05, 0) is 5.56 Å². The molecule has 86 valence electrons. The molecule has 0 heterocycles. The van der Waals surface area contributed by atoms with Crippen LogP contribution in [0, 0.1) is 0 Å². The maximum Gasteiger partial charge on any atom is 0.240 e. The molecule has 0 bridgehead atoms. The predicted molar refractivity (Wildman–Crippen MR) is 62.0 cm³/mol. The van der Waals surface area contributed by atoms with Gasteiger partial charge in [0.25, 0.3) is 0 Å². The second kappa shape index (κ2) is 6.12. The number of nitrogens with two attached hydrogens (primary N) is 1. The van der Waals surface area contributed by atoms with E-state index >= 15 is 0 Å². The molecule has 0 aliphatic carbocycles. The highest BCUT2D eigenvalue weighted by molar-refractivity contribution is 6.27. The minimum absolute atomic E-state index is 0.182. The van der Waals surface area contributed by atoms with E-state index in [9.17, 15) is 9.59 Å². The van der Waals surface area contributed by atoms with Crippen LogP contribution >= 0.6 is 11.6 Å². The molecule has 0 saturated carbocycles. The number of primary amides is 1. The van der Waals surface area contributed by atoms with Gasteiger partial charge in [-0.15, -0.1) is 11.6 Å². The molecule has 1 atom stereocenters. The molecule has 0 aromatic heterocycles. The average Bonchev–Trinajstić information content (AvgIpc) is 2.29. The Hall–Kier alpha value is -1.55. The van der Waals surface area contributed by atoms with Crippen molar-refractivity contribution in [1.29, 1.82) is 0 Å². The lowest BCUT2D eigenvalue weighted by atomic mass is 10.1. The molecular weight excluding hydrogens is 228 g/mol. The summed E-state index contributed by atoms with van der Waals surface area (Å²) in [6.07, 6.45) is 0.374. The summed E-state index contributed by atoms with van der Waals surface area (Å²) in [6, 6.07) is 8.60. The van der Waals surface area contributed by atoms with Crippen LogP contribution in [0.2, 0.25) is 0 Å². The van der Waals surface area contributed by atoms with Crippen molar-refractivity contribution in [3.05, 3.63) is 35.9 Å². The van der Waals surface area contributed by atoms with E-state index in [0.29, 0.717) is 6.42 Å². The van der Waals surface area contributed by atoms with Crippen LogP contribution < -0.4 is 11.1 Å². The summed E-state index contributed by atoms with van der Waals surface area (Å²) < 4.78 is 0. The second-order valence-electron chi connectivity index (χ2n) is 3.35. The Bertz CT molecular complexity index is 368. The number of nitrogens with one attached hydrogen (secondary N) is 1. The molecule has 0 radical (unpaired) electrons. The number of alkyl halides is 1. The van der Waals surface area contributed by atoms with E-state index in [1.54, 1.807) is 0 Å². The van der Waals surface area contributed by atoms with E-state index < -0.39 is 17.9 Å². The normalized spacial score (nSPS) is 11.8. The zero-order valence-corrected chi connectivity index (χ0v) is 9.41. The first kappa shape index (κ1) is 12.5. The molecule has 1 aromatic rings. The van der Waals surface area contributed by atoms with E-state index in [4.69, 9.17) is 17.3 Å². The Morgan fingerprint density at radius 3 is 2.44 bits per heavy atom. The van der Waals surface area contributed by atoms with Crippen molar-refractivity contribution in [3.63, 3.8) is 0 Å². The van der Waals surface area contributed by atoms with Gasteiger partial charge in [0.1, 0.15) is 11.9 Å².